The number of amides is 2. The number of para-hydroxylation sites is 1. The van der Waals surface area contributed by atoms with Crippen LogP contribution in [0.15, 0.2) is 77.3 Å². The zero-order valence-electron chi connectivity index (χ0n) is 15.9. The molecule has 2 saturated heterocycles. The molecule has 31 heavy (non-hydrogen) atoms. The smallest absolute Gasteiger partial charge is 0.266 e. The van der Waals surface area contributed by atoms with Crippen LogP contribution >= 0.6 is 27.5 Å². The predicted octanol–water partition coefficient (Wildman–Crippen LogP) is 5.29. The maximum atomic E-state index is 13.9. The Hall–Kier alpha value is -2.74. The quantitative estimate of drug-likeness (QED) is 0.458. The lowest BCUT2D eigenvalue weighted by Gasteiger charge is -2.29. The van der Waals surface area contributed by atoms with Crippen LogP contribution in [0, 0.1) is 11.7 Å². The Morgan fingerprint density at radius 1 is 0.903 bits per heavy atom. The van der Waals surface area contributed by atoms with Gasteiger partial charge in [0.05, 0.1) is 21.9 Å². The highest BCUT2D eigenvalue weighted by molar-refractivity contribution is 9.10. The van der Waals surface area contributed by atoms with Gasteiger partial charge in [0.15, 0.2) is 6.10 Å². The van der Waals surface area contributed by atoms with E-state index in [1.54, 1.807) is 41.5 Å². The van der Waals surface area contributed by atoms with Gasteiger partial charge in [-0.3, -0.25) is 14.4 Å². The van der Waals surface area contributed by atoms with Crippen LogP contribution in [-0.4, -0.2) is 17.9 Å². The molecule has 0 radical (unpaired) electrons. The number of hydrogen-bond acceptors (Lipinski definition) is 4. The van der Waals surface area contributed by atoms with E-state index in [0.717, 1.165) is 4.90 Å². The highest BCUT2D eigenvalue weighted by Gasteiger charge is 2.60. The largest absolute Gasteiger partial charge is 0.273 e. The maximum absolute atomic E-state index is 13.9. The lowest BCUT2D eigenvalue weighted by Crippen LogP contribution is -2.37. The van der Waals surface area contributed by atoms with Crippen molar-refractivity contribution in [3.8, 4) is 0 Å². The summed E-state index contributed by atoms with van der Waals surface area (Å²) in [5, 5.41) is 1.99. The minimum atomic E-state index is -1.000. The molecule has 2 amide bonds. The van der Waals surface area contributed by atoms with Crippen molar-refractivity contribution in [2.45, 2.75) is 12.1 Å². The molecule has 2 fully saturated rings. The molecule has 0 spiro atoms. The second-order valence-corrected chi connectivity index (χ2v) is 8.61. The fourth-order valence-corrected chi connectivity index (χ4v) is 4.70. The van der Waals surface area contributed by atoms with Crippen molar-refractivity contribution in [1.29, 1.82) is 0 Å². The summed E-state index contributed by atoms with van der Waals surface area (Å²) in [5.74, 6) is -2.06. The SMILES string of the molecule is O=C1[C@H]2[C@@H](ON(c3ccccc3)[C@H]2c2ccc(F)c(Br)c2)C(=O)N1c1cccc(Cl)c1. The first-order valence-corrected chi connectivity index (χ1v) is 10.7. The van der Waals surface area contributed by atoms with Crippen molar-refractivity contribution in [1.82, 2.24) is 0 Å². The Morgan fingerprint density at radius 2 is 1.65 bits per heavy atom. The molecular weight excluding hydrogens is 487 g/mol. The summed E-state index contributed by atoms with van der Waals surface area (Å²) in [6.07, 6.45) is -1.000. The number of anilines is 2. The van der Waals surface area contributed by atoms with Gasteiger partial charge in [-0.15, -0.1) is 0 Å². The summed E-state index contributed by atoms with van der Waals surface area (Å²) in [6.45, 7) is 0. The normalized spacial score (nSPS) is 22.9. The van der Waals surface area contributed by atoms with Gasteiger partial charge >= 0.3 is 0 Å². The molecule has 0 N–H and O–H groups in total. The second-order valence-electron chi connectivity index (χ2n) is 7.32. The minimum Gasteiger partial charge on any atom is -0.273 e. The topological polar surface area (TPSA) is 49.9 Å². The van der Waals surface area contributed by atoms with E-state index in [0.29, 0.717) is 22.0 Å². The van der Waals surface area contributed by atoms with E-state index < -0.39 is 29.8 Å². The van der Waals surface area contributed by atoms with Gasteiger partial charge in [0.2, 0.25) is 5.91 Å². The maximum Gasteiger partial charge on any atom is 0.266 e. The van der Waals surface area contributed by atoms with E-state index in [9.17, 15) is 14.0 Å². The Bertz CT molecular complexity index is 1190. The molecule has 0 bridgehead atoms. The molecule has 3 aromatic rings. The Kier molecular flexibility index (Phi) is 5.04. The molecule has 2 aliphatic rings. The third-order valence-corrected chi connectivity index (χ3v) is 6.32. The second kappa shape index (κ2) is 7.75. The standard InChI is InChI=1S/C23H15BrClFN2O3/c24-17-11-13(9-10-18(17)26)20-19-21(31-28(20)15-6-2-1-3-7-15)23(30)27(22(19)29)16-8-4-5-14(25)12-16/h1-12,19-21H/t19-,20+,21-/m1/s1. The van der Waals surface area contributed by atoms with Gasteiger partial charge in [0.25, 0.3) is 5.91 Å². The van der Waals surface area contributed by atoms with E-state index >= 15 is 0 Å². The van der Waals surface area contributed by atoms with Crippen molar-refractivity contribution in [3.05, 3.63) is 93.7 Å². The van der Waals surface area contributed by atoms with Crippen LogP contribution in [-0.2, 0) is 14.4 Å². The number of rotatable bonds is 3. The van der Waals surface area contributed by atoms with Gasteiger partial charge in [0, 0.05) is 5.02 Å². The van der Waals surface area contributed by atoms with Crippen molar-refractivity contribution in [3.63, 3.8) is 0 Å². The van der Waals surface area contributed by atoms with Crippen LogP contribution in [0.25, 0.3) is 0 Å². The van der Waals surface area contributed by atoms with Crippen LogP contribution in [0.2, 0.25) is 5.02 Å². The number of halogens is 3. The summed E-state index contributed by atoms with van der Waals surface area (Å²) in [7, 11) is 0. The number of nitrogens with zero attached hydrogens (tertiary/aromatic N) is 2. The Labute approximate surface area is 191 Å². The Balaban J connectivity index is 1.61. The number of carbonyl (C=O) groups is 2. The average Bonchev–Trinajstić information content (AvgIpc) is 3.27. The van der Waals surface area contributed by atoms with Crippen LogP contribution in [0.3, 0.4) is 0 Å². The van der Waals surface area contributed by atoms with E-state index in [2.05, 4.69) is 15.9 Å². The monoisotopic (exact) mass is 500 g/mol. The fraction of sp³-hybridized carbons (Fsp3) is 0.130. The van der Waals surface area contributed by atoms with E-state index in [1.807, 2.05) is 30.3 Å². The number of imide groups is 1. The first kappa shape index (κ1) is 20.2. The first-order chi connectivity index (χ1) is 15.0. The number of carbonyl (C=O) groups excluding carboxylic acids is 2. The van der Waals surface area contributed by atoms with Crippen molar-refractivity contribution in [2.75, 3.05) is 9.96 Å². The van der Waals surface area contributed by atoms with E-state index in [4.69, 9.17) is 16.4 Å². The minimum absolute atomic E-state index is 0.268. The zero-order valence-corrected chi connectivity index (χ0v) is 18.3. The van der Waals surface area contributed by atoms with Crippen molar-refractivity contribution >= 4 is 50.7 Å². The highest BCUT2D eigenvalue weighted by Crippen LogP contribution is 2.48. The van der Waals surface area contributed by atoms with Gasteiger partial charge < -0.3 is 0 Å². The number of hydrogen-bond donors (Lipinski definition) is 0. The van der Waals surface area contributed by atoms with Crippen molar-refractivity contribution in [2.24, 2.45) is 5.92 Å². The van der Waals surface area contributed by atoms with E-state index in [-0.39, 0.29) is 10.4 Å². The molecule has 2 heterocycles. The summed E-state index contributed by atoms with van der Waals surface area (Å²) >= 11 is 9.28. The third kappa shape index (κ3) is 3.33. The van der Waals surface area contributed by atoms with Gasteiger partial charge in [-0.2, -0.15) is 0 Å². The van der Waals surface area contributed by atoms with Crippen molar-refractivity contribution < 1.29 is 18.8 Å². The summed E-state index contributed by atoms with van der Waals surface area (Å²) in [4.78, 5) is 33.9. The summed E-state index contributed by atoms with van der Waals surface area (Å²) in [5.41, 5.74) is 1.74. The summed E-state index contributed by atoms with van der Waals surface area (Å²) < 4.78 is 14.2. The zero-order chi connectivity index (χ0) is 21.7. The lowest BCUT2D eigenvalue weighted by molar-refractivity contribution is -0.126. The molecule has 5 rings (SSSR count). The highest BCUT2D eigenvalue weighted by atomic mass is 79.9. The molecule has 8 heteroatoms. The van der Waals surface area contributed by atoms with Crippen LogP contribution < -0.4 is 9.96 Å². The van der Waals surface area contributed by atoms with Gasteiger partial charge in [-0.1, -0.05) is 41.9 Å². The molecule has 0 unspecified atom stereocenters. The molecule has 5 nitrogen and oxygen atoms in total. The van der Waals surface area contributed by atoms with Crippen LogP contribution in [0.5, 0.6) is 0 Å². The molecule has 156 valence electrons. The molecule has 2 aliphatic heterocycles. The molecule has 3 atom stereocenters. The van der Waals surface area contributed by atoms with Gasteiger partial charge in [-0.05, 0) is 64.0 Å². The Morgan fingerprint density at radius 3 is 2.35 bits per heavy atom. The molecule has 0 aliphatic carbocycles. The lowest BCUT2D eigenvalue weighted by atomic mass is 9.90. The first-order valence-electron chi connectivity index (χ1n) is 9.55. The summed E-state index contributed by atoms with van der Waals surface area (Å²) in [6, 6.07) is 19.7. The average molecular weight is 502 g/mol. The number of fused-ring (bicyclic) bond motifs is 1. The molecule has 0 saturated carbocycles. The van der Waals surface area contributed by atoms with Gasteiger partial charge in [0.1, 0.15) is 11.7 Å². The molecule has 3 aromatic carbocycles. The third-order valence-electron chi connectivity index (χ3n) is 5.48. The van der Waals surface area contributed by atoms with Crippen LogP contribution in [0.1, 0.15) is 11.6 Å². The number of benzene rings is 3. The van der Waals surface area contributed by atoms with Gasteiger partial charge in [-0.25, -0.2) is 14.4 Å². The fourth-order valence-electron chi connectivity index (χ4n) is 4.12. The molecule has 0 aromatic heterocycles. The van der Waals surface area contributed by atoms with E-state index in [1.165, 1.54) is 6.07 Å². The van der Waals surface area contributed by atoms with Crippen LogP contribution in [0.4, 0.5) is 15.8 Å². The molecular formula is C23H15BrClFN2O3. The predicted molar refractivity (Wildman–Crippen MR) is 118 cm³/mol. The number of hydroxylamine groups is 1.